The van der Waals surface area contributed by atoms with Crippen molar-refractivity contribution >= 4 is 21.5 Å². The Morgan fingerprint density at radius 2 is 1.79 bits per heavy atom. The second-order valence-corrected chi connectivity index (χ2v) is 8.09. The Hall–Kier alpha value is -3.00. The van der Waals surface area contributed by atoms with E-state index in [9.17, 15) is 18.3 Å². The third-order valence-corrected chi connectivity index (χ3v) is 5.70. The Labute approximate surface area is 163 Å². The van der Waals surface area contributed by atoms with Crippen LogP contribution in [0.1, 0.15) is 16.8 Å². The van der Waals surface area contributed by atoms with Crippen molar-refractivity contribution in [3.8, 4) is 0 Å². The zero-order valence-electron chi connectivity index (χ0n) is 14.9. The summed E-state index contributed by atoms with van der Waals surface area (Å²) in [5.74, 6) is -0.139. The summed E-state index contributed by atoms with van der Waals surface area (Å²) in [6, 6.07) is 14.5. The number of hydrogen-bond acceptors (Lipinski definition) is 5. The molecule has 0 spiro atoms. The molecule has 1 aliphatic rings. The van der Waals surface area contributed by atoms with Gasteiger partial charge in [0.15, 0.2) is 11.5 Å². The number of nitrogens with two attached hydrogens (primary N) is 1. The molecule has 6 nitrogen and oxygen atoms in total. The van der Waals surface area contributed by atoms with E-state index >= 15 is 0 Å². The molecule has 2 aromatic carbocycles. The molecule has 0 saturated carbocycles. The van der Waals surface area contributed by atoms with Crippen molar-refractivity contribution in [1.29, 1.82) is 0 Å². The van der Waals surface area contributed by atoms with Crippen molar-refractivity contribution in [2.24, 2.45) is 0 Å². The molecule has 1 aliphatic carbocycles. The van der Waals surface area contributed by atoms with E-state index in [1.54, 1.807) is 42.5 Å². The highest BCUT2D eigenvalue weighted by Gasteiger charge is 2.31. The maximum absolute atomic E-state index is 12.4. The summed E-state index contributed by atoms with van der Waals surface area (Å²) in [6.45, 7) is 0. The Bertz CT molecular complexity index is 1060. The van der Waals surface area contributed by atoms with Crippen molar-refractivity contribution in [3.63, 3.8) is 0 Å². The maximum atomic E-state index is 12.4. The van der Waals surface area contributed by atoms with Gasteiger partial charge in [0.2, 0.25) is 10.0 Å². The summed E-state index contributed by atoms with van der Waals surface area (Å²) in [5, 5.41) is 10.6. The van der Waals surface area contributed by atoms with Gasteiger partial charge in [0.25, 0.3) is 0 Å². The van der Waals surface area contributed by atoms with Crippen LogP contribution in [0.4, 0.5) is 5.69 Å². The molecule has 144 valence electrons. The van der Waals surface area contributed by atoms with Crippen LogP contribution < -0.4 is 10.5 Å². The largest absolute Gasteiger partial charge is 0.399 e. The highest BCUT2D eigenvalue weighted by molar-refractivity contribution is 7.89. The first-order valence-corrected chi connectivity index (χ1v) is 10.0. The number of hydrogen-bond donors (Lipinski definition) is 3. The van der Waals surface area contributed by atoms with Gasteiger partial charge in [-0.1, -0.05) is 48.6 Å². The van der Waals surface area contributed by atoms with Crippen LogP contribution in [-0.2, 0) is 10.0 Å². The van der Waals surface area contributed by atoms with Crippen LogP contribution in [0.15, 0.2) is 95.4 Å². The topological polar surface area (TPSA) is 109 Å². The van der Waals surface area contributed by atoms with Crippen LogP contribution in [0.5, 0.6) is 0 Å². The molecule has 0 heterocycles. The number of benzene rings is 2. The van der Waals surface area contributed by atoms with Crippen LogP contribution in [0.25, 0.3) is 0 Å². The van der Waals surface area contributed by atoms with E-state index in [2.05, 4.69) is 4.72 Å². The number of carbonyl (C=O) groups excluding carboxylic acids is 1. The monoisotopic (exact) mass is 396 g/mol. The molecule has 3 rings (SSSR count). The predicted octanol–water partition coefficient (Wildman–Crippen LogP) is 2.56. The van der Waals surface area contributed by atoms with Crippen LogP contribution in [-0.4, -0.2) is 25.0 Å². The van der Waals surface area contributed by atoms with E-state index in [0.29, 0.717) is 16.8 Å². The number of carbonyl (C=O) groups is 1. The van der Waals surface area contributed by atoms with Crippen molar-refractivity contribution in [3.05, 3.63) is 96.1 Å². The minimum atomic E-state index is -3.92. The molecule has 0 bridgehead atoms. The number of rotatable bonds is 6. The zero-order valence-corrected chi connectivity index (χ0v) is 15.8. The number of aliphatic hydroxyl groups is 1. The number of ketones is 1. The highest BCUT2D eigenvalue weighted by atomic mass is 32.2. The lowest BCUT2D eigenvalue weighted by molar-refractivity contribution is 0.0812. The lowest BCUT2D eigenvalue weighted by Gasteiger charge is -2.27. The quantitative estimate of drug-likeness (QED) is 0.301. The first kappa shape index (κ1) is 19.8. The van der Waals surface area contributed by atoms with Gasteiger partial charge in [-0.25, -0.2) is 8.42 Å². The molecular weight excluding hydrogens is 376 g/mol. The molecule has 28 heavy (non-hydrogen) atoms. The first-order valence-electron chi connectivity index (χ1n) is 8.56. The SMILES string of the molecule is Nc1ccc(S(=O)(=O)NC2(O)C=CC(C=CC(=O)c3ccccc3)=CC2)cc1. The summed E-state index contributed by atoms with van der Waals surface area (Å²) in [4.78, 5) is 12.1. The molecule has 0 radical (unpaired) electrons. The number of nitrogens with one attached hydrogen (secondary N) is 1. The normalized spacial score (nSPS) is 19.5. The molecule has 1 atom stereocenters. The van der Waals surface area contributed by atoms with Gasteiger partial charge in [-0.05, 0) is 42.0 Å². The lowest BCUT2D eigenvalue weighted by atomic mass is 9.99. The predicted molar refractivity (Wildman–Crippen MR) is 108 cm³/mol. The number of nitrogen functional groups attached to an aromatic ring is 1. The summed E-state index contributed by atoms with van der Waals surface area (Å²) in [6.07, 6.45) is 7.66. The maximum Gasteiger partial charge on any atom is 0.243 e. The standard InChI is InChI=1S/C21H20N2O4S/c22-18-7-9-19(10-8-18)28(26,27)23-21(25)14-12-16(13-15-21)6-11-20(24)17-4-2-1-3-5-17/h1-14,23,25H,15,22H2. The molecule has 0 aromatic heterocycles. The van der Waals surface area contributed by atoms with Crippen molar-refractivity contribution in [1.82, 2.24) is 4.72 Å². The Balaban J connectivity index is 1.67. The van der Waals surface area contributed by atoms with Crippen LogP contribution in [0.2, 0.25) is 0 Å². The highest BCUT2D eigenvalue weighted by Crippen LogP contribution is 2.22. The Morgan fingerprint density at radius 1 is 1.11 bits per heavy atom. The van der Waals surface area contributed by atoms with Crippen LogP contribution >= 0.6 is 0 Å². The molecule has 0 saturated heterocycles. The van der Waals surface area contributed by atoms with E-state index < -0.39 is 15.7 Å². The van der Waals surface area contributed by atoms with E-state index in [0.717, 1.165) is 0 Å². The molecular formula is C21H20N2O4S. The van der Waals surface area contributed by atoms with Gasteiger partial charge in [0, 0.05) is 17.7 Å². The molecule has 2 aromatic rings. The van der Waals surface area contributed by atoms with Gasteiger partial charge >= 0.3 is 0 Å². The van der Waals surface area contributed by atoms with Gasteiger partial charge in [0.1, 0.15) is 0 Å². The molecule has 0 aliphatic heterocycles. The minimum Gasteiger partial charge on any atom is -0.399 e. The van der Waals surface area contributed by atoms with Crippen LogP contribution in [0, 0.1) is 0 Å². The molecule has 0 fully saturated rings. The lowest BCUT2D eigenvalue weighted by Crippen LogP contribution is -2.47. The fraction of sp³-hybridized carbons (Fsp3) is 0.0952. The number of allylic oxidation sites excluding steroid dienone is 4. The first-order chi connectivity index (χ1) is 13.3. The summed E-state index contributed by atoms with van der Waals surface area (Å²) in [7, 11) is -3.92. The van der Waals surface area contributed by atoms with E-state index in [4.69, 9.17) is 5.73 Å². The molecule has 4 N–H and O–H groups in total. The number of sulfonamides is 1. The summed E-state index contributed by atoms with van der Waals surface area (Å²) >= 11 is 0. The third-order valence-electron chi connectivity index (χ3n) is 4.19. The van der Waals surface area contributed by atoms with Gasteiger partial charge in [-0.2, -0.15) is 4.72 Å². The summed E-state index contributed by atoms with van der Waals surface area (Å²) < 4.78 is 27.2. The fourth-order valence-electron chi connectivity index (χ4n) is 2.65. The Morgan fingerprint density at radius 3 is 2.39 bits per heavy atom. The molecule has 1 unspecified atom stereocenters. The number of anilines is 1. The average Bonchev–Trinajstić information content (AvgIpc) is 2.68. The van der Waals surface area contributed by atoms with Crippen LogP contribution in [0.3, 0.4) is 0 Å². The second-order valence-electron chi connectivity index (χ2n) is 6.40. The van der Waals surface area contributed by atoms with Gasteiger partial charge in [-0.3, -0.25) is 4.79 Å². The van der Waals surface area contributed by atoms with Gasteiger partial charge in [0.05, 0.1) is 4.90 Å². The van der Waals surface area contributed by atoms with Crippen molar-refractivity contribution in [2.75, 3.05) is 5.73 Å². The molecule has 7 heteroatoms. The van der Waals surface area contributed by atoms with Gasteiger partial charge in [-0.15, -0.1) is 0 Å². The van der Waals surface area contributed by atoms with E-state index in [1.165, 1.54) is 36.4 Å². The fourth-order valence-corrected chi connectivity index (χ4v) is 3.88. The van der Waals surface area contributed by atoms with Crippen molar-refractivity contribution < 1.29 is 18.3 Å². The summed E-state index contributed by atoms with van der Waals surface area (Å²) in [5.41, 5.74) is 5.53. The Kier molecular flexibility index (Phi) is 5.60. The van der Waals surface area contributed by atoms with Gasteiger partial charge < -0.3 is 10.8 Å². The molecule has 0 amide bonds. The third kappa shape index (κ3) is 4.83. The van der Waals surface area contributed by atoms with Crippen molar-refractivity contribution in [2.45, 2.75) is 17.0 Å². The van der Waals surface area contributed by atoms with E-state index in [1.807, 2.05) is 6.07 Å². The average molecular weight is 396 g/mol. The van der Waals surface area contributed by atoms with E-state index in [-0.39, 0.29) is 17.1 Å². The second kappa shape index (κ2) is 7.93. The minimum absolute atomic E-state index is 0.00616. The smallest absolute Gasteiger partial charge is 0.243 e. The zero-order chi connectivity index (χ0) is 20.2.